The van der Waals surface area contributed by atoms with Crippen LogP contribution < -0.4 is 0 Å². The minimum atomic E-state index is 0.482. The molecule has 0 saturated carbocycles. The van der Waals surface area contributed by atoms with Gasteiger partial charge in [0.15, 0.2) is 5.82 Å². The van der Waals surface area contributed by atoms with Crippen molar-refractivity contribution in [1.82, 2.24) is 14.9 Å². The monoisotopic (exact) mass is 300 g/mol. The van der Waals surface area contributed by atoms with Gasteiger partial charge in [-0.25, -0.2) is 5.10 Å². The number of H-pyrrole nitrogens is 1. The van der Waals surface area contributed by atoms with Crippen LogP contribution in [0.3, 0.4) is 0 Å². The highest BCUT2D eigenvalue weighted by Gasteiger charge is 2.09. The van der Waals surface area contributed by atoms with Crippen molar-refractivity contribution < 1.29 is 0 Å². The number of hydrogen-bond acceptors (Lipinski definition) is 4. The van der Waals surface area contributed by atoms with Gasteiger partial charge < -0.3 is 0 Å². The average molecular weight is 300 g/mol. The van der Waals surface area contributed by atoms with Crippen LogP contribution in [0.1, 0.15) is 10.4 Å². The summed E-state index contributed by atoms with van der Waals surface area (Å²) in [5.41, 5.74) is 2.15. The van der Waals surface area contributed by atoms with Gasteiger partial charge in [-0.2, -0.15) is 14.9 Å². The maximum Gasteiger partial charge on any atom is 0.216 e. The van der Waals surface area contributed by atoms with Crippen molar-refractivity contribution in [2.75, 3.05) is 0 Å². The molecule has 2 aromatic heterocycles. The van der Waals surface area contributed by atoms with E-state index >= 15 is 0 Å². The summed E-state index contributed by atoms with van der Waals surface area (Å²) in [5, 5.41) is 13.5. The van der Waals surface area contributed by atoms with Crippen molar-refractivity contribution in [2.45, 2.75) is 6.92 Å². The van der Waals surface area contributed by atoms with E-state index in [2.05, 4.69) is 15.3 Å². The summed E-state index contributed by atoms with van der Waals surface area (Å²) in [5.74, 6) is 0.723. The molecule has 3 rings (SSSR count). The Hall–Kier alpha value is -2.05. The quantitative estimate of drug-likeness (QED) is 0.590. The first-order valence-electron chi connectivity index (χ1n) is 6.07. The second kappa shape index (κ2) is 5.52. The third-order valence-electron chi connectivity index (χ3n) is 2.88. The molecule has 4 nitrogen and oxygen atoms in total. The first kappa shape index (κ1) is 13.0. The van der Waals surface area contributed by atoms with Crippen molar-refractivity contribution in [3.05, 3.63) is 57.0 Å². The second-order valence-electron chi connectivity index (χ2n) is 4.24. The van der Waals surface area contributed by atoms with E-state index in [0.29, 0.717) is 4.77 Å². The van der Waals surface area contributed by atoms with Gasteiger partial charge in [-0.15, -0.1) is 11.3 Å². The first-order valence-corrected chi connectivity index (χ1v) is 7.36. The number of nitrogens with one attached hydrogen (secondary N) is 1. The predicted molar refractivity (Wildman–Crippen MR) is 84.9 cm³/mol. The Morgan fingerprint density at radius 1 is 1.30 bits per heavy atom. The van der Waals surface area contributed by atoms with E-state index in [-0.39, 0.29) is 0 Å². The third-order valence-corrected chi connectivity index (χ3v) is 3.95. The lowest BCUT2D eigenvalue weighted by Crippen LogP contribution is -1.95. The highest BCUT2D eigenvalue weighted by atomic mass is 32.1. The minimum absolute atomic E-state index is 0.482. The number of aromatic nitrogens is 3. The summed E-state index contributed by atoms with van der Waals surface area (Å²) in [6, 6.07) is 12.0. The molecule has 0 saturated heterocycles. The molecule has 1 aromatic carbocycles. The molecular weight excluding hydrogens is 288 g/mol. The molecule has 0 unspecified atom stereocenters. The van der Waals surface area contributed by atoms with Crippen LogP contribution in [0.25, 0.3) is 11.4 Å². The average Bonchev–Trinajstić information content (AvgIpc) is 3.07. The van der Waals surface area contributed by atoms with Crippen LogP contribution in [0, 0.1) is 11.7 Å². The zero-order valence-corrected chi connectivity index (χ0v) is 12.4. The summed E-state index contributed by atoms with van der Waals surface area (Å²) in [4.78, 5) is 1.07. The largest absolute Gasteiger partial charge is 0.250 e. The van der Waals surface area contributed by atoms with Crippen molar-refractivity contribution >= 4 is 29.8 Å². The highest BCUT2D eigenvalue weighted by molar-refractivity contribution is 7.71. The Labute approximate surface area is 125 Å². The molecule has 0 radical (unpaired) electrons. The number of hydrogen-bond donors (Lipinski definition) is 1. The molecule has 2 heterocycles. The summed E-state index contributed by atoms with van der Waals surface area (Å²) in [6.07, 6.45) is 1.79. The number of benzene rings is 1. The topological polar surface area (TPSA) is 46.0 Å². The van der Waals surface area contributed by atoms with Gasteiger partial charge in [0.1, 0.15) is 0 Å². The molecule has 6 heteroatoms. The van der Waals surface area contributed by atoms with E-state index in [1.165, 1.54) is 0 Å². The summed E-state index contributed by atoms with van der Waals surface area (Å²) >= 11 is 6.87. The van der Waals surface area contributed by atoms with Crippen LogP contribution in [-0.4, -0.2) is 21.1 Å². The van der Waals surface area contributed by atoms with E-state index in [4.69, 9.17) is 12.2 Å². The van der Waals surface area contributed by atoms with Crippen molar-refractivity contribution in [2.24, 2.45) is 5.10 Å². The lowest BCUT2D eigenvalue weighted by Gasteiger charge is -2.03. The Kier molecular flexibility index (Phi) is 3.58. The SMILES string of the molecule is Cc1ccccc1-c1n[nH]c(=S)n1/N=C\c1cccs1. The van der Waals surface area contributed by atoms with Gasteiger partial charge in [0.2, 0.25) is 4.77 Å². The maximum absolute atomic E-state index is 5.25. The van der Waals surface area contributed by atoms with Gasteiger partial charge in [0.25, 0.3) is 0 Å². The molecule has 0 spiro atoms. The van der Waals surface area contributed by atoms with Crippen LogP contribution in [-0.2, 0) is 0 Å². The maximum atomic E-state index is 5.25. The molecule has 3 aromatic rings. The number of thiophene rings is 1. The highest BCUT2D eigenvalue weighted by Crippen LogP contribution is 2.21. The zero-order chi connectivity index (χ0) is 13.9. The molecule has 1 N–H and O–H groups in total. The van der Waals surface area contributed by atoms with Crippen molar-refractivity contribution in [3.63, 3.8) is 0 Å². The lowest BCUT2D eigenvalue weighted by molar-refractivity contribution is 0.871. The van der Waals surface area contributed by atoms with Gasteiger partial charge in [-0.05, 0) is 36.2 Å². The molecule has 20 heavy (non-hydrogen) atoms. The molecule has 0 atom stereocenters. The fourth-order valence-electron chi connectivity index (χ4n) is 1.88. The summed E-state index contributed by atoms with van der Waals surface area (Å²) < 4.78 is 2.13. The number of nitrogens with zero attached hydrogens (tertiary/aromatic N) is 3. The molecular formula is C14H12N4S2. The number of aryl methyl sites for hydroxylation is 1. The fraction of sp³-hybridized carbons (Fsp3) is 0.0714. The van der Waals surface area contributed by atoms with Crippen LogP contribution >= 0.6 is 23.6 Å². The normalized spacial score (nSPS) is 11.2. The Balaban J connectivity index is 2.07. The fourth-order valence-corrected chi connectivity index (χ4v) is 2.63. The molecule has 0 amide bonds. The Morgan fingerprint density at radius 2 is 2.15 bits per heavy atom. The van der Waals surface area contributed by atoms with Gasteiger partial charge in [0.05, 0.1) is 6.21 Å². The van der Waals surface area contributed by atoms with Gasteiger partial charge in [-0.3, -0.25) is 0 Å². The van der Waals surface area contributed by atoms with Crippen molar-refractivity contribution in [1.29, 1.82) is 0 Å². The first-order chi connectivity index (χ1) is 9.75. The van der Waals surface area contributed by atoms with Gasteiger partial charge in [0, 0.05) is 10.4 Å². The zero-order valence-electron chi connectivity index (χ0n) is 10.8. The van der Waals surface area contributed by atoms with Crippen LogP contribution in [0.4, 0.5) is 0 Å². The molecule has 0 bridgehead atoms. The smallest absolute Gasteiger partial charge is 0.216 e. The lowest BCUT2D eigenvalue weighted by atomic mass is 10.1. The van der Waals surface area contributed by atoms with E-state index in [1.807, 2.05) is 48.7 Å². The van der Waals surface area contributed by atoms with Crippen LogP contribution in [0.15, 0.2) is 46.9 Å². The number of aromatic amines is 1. The van der Waals surface area contributed by atoms with E-state index in [9.17, 15) is 0 Å². The van der Waals surface area contributed by atoms with E-state index in [1.54, 1.807) is 22.2 Å². The predicted octanol–water partition coefficient (Wildman–Crippen LogP) is 3.86. The standard InChI is InChI=1S/C14H12N4S2/c1-10-5-2-3-7-12(10)13-16-17-14(19)18(13)15-9-11-6-4-8-20-11/h2-9H,1H3,(H,17,19)/b15-9-. The van der Waals surface area contributed by atoms with Gasteiger partial charge >= 0.3 is 0 Å². The minimum Gasteiger partial charge on any atom is -0.250 e. The van der Waals surface area contributed by atoms with E-state index in [0.717, 1.165) is 21.8 Å². The van der Waals surface area contributed by atoms with Crippen molar-refractivity contribution in [3.8, 4) is 11.4 Å². The molecule has 0 aliphatic carbocycles. The third kappa shape index (κ3) is 2.48. The summed E-state index contributed by atoms with van der Waals surface area (Å²) in [6.45, 7) is 2.04. The molecule has 0 fully saturated rings. The Bertz CT molecular complexity index is 797. The second-order valence-corrected chi connectivity index (χ2v) is 5.61. The molecule has 0 aliphatic heterocycles. The molecule has 100 valence electrons. The number of rotatable bonds is 3. The van der Waals surface area contributed by atoms with Crippen LogP contribution in [0.2, 0.25) is 0 Å². The van der Waals surface area contributed by atoms with Crippen LogP contribution in [0.5, 0.6) is 0 Å². The van der Waals surface area contributed by atoms with E-state index < -0.39 is 0 Å². The van der Waals surface area contributed by atoms with Gasteiger partial charge in [-0.1, -0.05) is 30.3 Å². The summed E-state index contributed by atoms with van der Waals surface area (Å²) in [7, 11) is 0. The Morgan fingerprint density at radius 3 is 2.90 bits per heavy atom. The molecule has 0 aliphatic rings.